The molecule has 0 bridgehead atoms. The van der Waals surface area contributed by atoms with Crippen LogP contribution in [-0.4, -0.2) is 34.7 Å². The average molecular weight is 203 g/mol. The Kier molecular flexibility index (Phi) is 6.36. The third-order valence-electron chi connectivity index (χ3n) is 1.37. The molecule has 69 valence electrons. The molecule has 3 nitrogen and oxygen atoms in total. The molecule has 0 spiro atoms. The summed E-state index contributed by atoms with van der Waals surface area (Å²) in [5.74, 6) is 3.27. The van der Waals surface area contributed by atoms with Crippen molar-refractivity contribution in [2.45, 2.75) is 0 Å². The first-order chi connectivity index (χ1) is 6.22. The van der Waals surface area contributed by atoms with Crippen molar-refractivity contribution in [1.82, 2.24) is 0 Å². The van der Waals surface area contributed by atoms with Gasteiger partial charge in [-0.2, -0.15) is 0 Å². The minimum absolute atomic E-state index is 0. The number of benzene rings is 1. The molecular formula is C9H8LiO3S. The molecule has 14 heavy (non-hydrogen) atoms. The molecule has 0 saturated carbocycles. The van der Waals surface area contributed by atoms with E-state index in [0.717, 1.165) is 5.75 Å². The van der Waals surface area contributed by atoms with Crippen LogP contribution < -0.4 is 4.74 Å². The quantitative estimate of drug-likeness (QED) is 0.418. The molecule has 1 aromatic rings. The maximum absolute atomic E-state index is 10.2. The predicted octanol–water partition coefficient (Wildman–Crippen LogP) is 0.845. The van der Waals surface area contributed by atoms with Gasteiger partial charge in [0.05, 0.1) is 7.11 Å². The van der Waals surface area contributed by atoms with Gasteiger partial charge in [0, 0.05) is 29.7 Å². The molecule has 1 aromatic carbocycles. The Morgan fingerprint density at radius 2 is 1.93 bits per heavy atom. The zero-order valence-electron chi connectivity index (χ0n) is 7.98. The standard InChI is InChI=1S/C9H8O3S.Li/c1-12-9-4-2-8(3-5-9)6-7-13(10)11;/h2-5H,1H3,(H,10,11);. The smallest absolute Gasteiger partial charge is 0.234 e. The zero-order valence-corrected chi connectivity index (χ0v) is 8.80. The average Bonchev–Trinajstić information content (AvgIpc) is 2.15. The Morgan fingerprint density at radius 3 is 2.36 bits per heavy atom. The zero-order chi connectivity index (χ0) is 9.68. The van der Waals surface area contributed by atoms with E-state index in [1.807, 2.05) is 0 Å². The molecule has 0 aliphatic carbocycles. The van der Waals surface area contributed by atoms with E-state index in [9.17, 15) is 4.21 Å². The maximum Gasteiger partial charge on any atom is 0.234 e. The summed E-state index contributed by atoms with van der Waals surface area (Å²) >= 11 is -2.07. The fourth-order valence-corrected chi connectivity index (χ4v) is 0.982. The predicted molar refractivity (Wildman–Crippen MR) is 56.4 cm³/mol. The molecule has 1 N–H and O–H groups in total. The summed E-state index contributed by atoms with van der Waals surface area (Å²) in [6.07, 6.45) is 0. The second-order valence-corrected chi connectivity index (χ2v) is 2.91. The van der Waals surface area contributed by atoms with Crippen molar-refractivity contribution in [1.29, 1.82) is 0 Å². The van der Waals surface area contributed by atoms with E-state index in [2.05, 4.69) is 11.2 Å². The summed E-state index contributed by atoms with van der Waals surface area (Å²) in [6, 6.07) is 6.92. The van der Waals surface area contributed by atoms with E-state index in [4.69, 9.17) is 9.29 Å². The molecule has 0 amide bonds. The fourth-order valence-electron chi connectivity index (χ4n) is 0.777. The first-order valence-corrected chi connectivity index (χ1v) is 4.59. The Hall–Kier alpha value is -0.713. The van der Waals surface area contributed by atoms with Crippen molar-refractivity contribution < 1.29 is 13.5 Å². The summed E-state index contributed by atoms with van der Waals surface area (Å²) < 4.78 is 23.5. The monoisotopic (exact) mass is 203 g/mol. The third-order valence-corrected chi connectivity index (χ3v) is 1.65. The van der Waals surface area contributed by atoms with Crippen molar-refractivity contribution in [2.75, 3.05) is 7.11 Å². The Bertz CT molecular complexity index is 364. The molecule has 0 heterocycles. The fraction of sp³-hybridized carbons (Fsp3) is 0.111. The molecule has 0 aromatic heterocycles. The van der Waals surface area contributed by atoms with Crippen molar-refractivity contribution in [3.05, 3.63) is 29.8 Å². The van der Waals surface area contributed by atoms with E-state index < -0.39 is 11.1 Å². The molecule has 0 fully saturated rings. The largest absolute Gasteiger partial charge is 0.497 e. The van der Waals surface area contributed by atoms with E-state index in [1.54, 1.807) is 31.4 Å². The molecule has 1 atom stereocenters. The van der Waals surface area contributed by atoms with Gasteiger partial charge in [-0.05, 0) is 24.3 Å². The van der Waals surface area contributed by atoms with Gasteiger partial charge in [0.1, 0.15) is 5.75 Å². The maximum atomic E-state index is 10.2. The number of methoxy groups -OCH3 is 1. The second-order valence-electron chi connectivity index (χ2n) is 2.20. The molecule has 0 aliphatic heterocycles. The van der Waals surface area contributed by atoms with Gasteiger partial charge in [-0.3, -0.25) is 4.55 Å². The van der Waals surface area contributed by atoms with Crippen LogP contribution in [0.4, 0.5) is 0 Å². The van der Waals surface area contributed by atoms with E-state index >= 15 is 0 Å². The van der Waals surface area contributed by atoms with Crippen LogP contribution in [0.5, 0.6) is 5.75 Å². The van der Waals surface area contributed by atoms with Gasteiger partial charge in [0.15, 0.2) is 0 Å². The van der Waals surface area contributed by atoms with E-state index in [-0.39, 0.29) is 18.9 Å². The van der Waals surface area contributed by atoms with Crippen LogP contribution >= 0.6 is 0 Å². The van der Waals surface area contributed by atoms with E-state index in [0.29, 0.717) is 5.56 Å². The van der Waals surface area contributed by atoms with Gasteiger partial charge in [-0.15, -0.1) is 0 Å². The molecule has 0 saturated heterocycles. The van der Waals surface area contributed by atoms with Gasteiger partial charge in [0.2, 0.25) is 11.1 Å². The summed E-state index contributed by atoms with van der Waals surface area (Å²) in [7, 11) is 1.57. The van der Waals surface area contributed by atoms with Crippen LogP contribution in [0, 0.1) is 11.2 Å². The van der Waals surface area contributed by atoms with Crippen LogP contribution in [0.25, 0.3) is 0 Å². The van der Waals surface area contributed by atoms with E-state index in [1.165, 1.54) is 0 Å². The topological polar surface area (TPSA) is 46.5 Å². The van der Waals surface area contributed by atoms with Crippen molar-refractivity contribution in [2.24, 2.45) is 0 Å². The normalized spacial score (nSPS) is 10.4. The molecule has 5 heteroatoms. The van der Waals surface area contributed by atoms with Crippen LogP contribution in [0.1, 0.15) is 5.56 Å². The van der Waals surface area contributed by atoms with Crippen LogP contribution in [0.15, 0.2) is 24.3 Å². The summed E-state index contributed by atoms with van der Waals surface area (Å²) in [6.45, 7) is 0. The first kappa shape index (κ1) is 13.3. The molecule has 0 aliphatic rings. The number of hydrogen-bond acceptors (Lipinski definition) is 2. The summed E-state index contributed by atoms with van der Waals surface area (Å²) in [5, 5.41) is 2.14. The molecule has 1 unspecified atom stereocenters. The second kappa shape index (κ2) is 6.70. The molecule has 1 radical (unpaired) electrons. The van der Waals surface area contributed by atoms with Gasteiger partial charge in [0.25, 0.3) is 0 Å². The Balaban J connectivity index is 0.00000169. The molecule has 1 rings (SSSR count). The summed E-state index contributed by atoms with van der Waals surface area (Å²) in [5.41, 5.74) is 0.684. The SMILES string of the molecule is COc1ccc(C#CS(=O)O)cc1.[Li]. The third kappa shape index (κ3) is 4.50. The van der Waals surface area contributed by atoms with Gasteiger partial charge < -0.3 is 4.74 Å². The number of hydrogen-bond donors (Lipinski definition) is 1. The minimum Gasteiger partial charge on any atom is -0.497 e. The number of rotatable bonds is 1. The van der Waals surface area contributed by atoms with Gasteiger partial charge >= 0.3 is 0 Å². The van der Waals surface area contributed by atoms with Crippen LogP contribution in [0.2, 0.25) is 0 Å². The van der Waals surface area contributed by atoms with Crippen molar-refractivity contribution in [3.8, 4) is 16.9 Å². The summed E-state index contributed by atoms with van der Waals surface area (Å²) in [4.78, 5) is 0. The van der Waals surface area contributed by atoms with Gasteiger partial charge in [-0.25, -0.2) is 4.21 Å². The van der Waals surface area contributed by atoms with Crippen LogP contribution in [-0.2, 0) is 11.1 Å². The van der Waals surface area contributed by atoms with Crippen molar-refractivity contribution >= 4 is 29.9 Å². The van der Waals surface area contributed by atoms with Gasteiger partial charge in [-0.1, -0.05) is 5.92 Å². The number of ether oxygens (including phenoxy) is 1. The van der Waals surface area contributed by atoms with Crippen LogP contribution in [0.3, 0.4) is 0 Å². The van der Waals surface area contributed by atoms with Crippen molar-refractivity contribution in [3.63, 3.8) is 0 Å². The Labute approximate surface area is 97.3 Å². The minimum atomic E-state index is -2.07. The Morgan fingerprint density at radius 1 is 1.36 bits per heavy atom. The molecular weight excluding hydrogens is 195 g/mol. The first-order valence-electron chi connectivity index (χ1n) is 3.49.